The Bertz CT molecular complexity index is 48.5. The predicted octanol–water partition coefficient (Wildman–Crippen LogP) is 5.90. The summed E-state index contributed by atoms with van der Waals surface area (Å²) in [7, 11) is 0. The van der Waals surface area contributed by atoms with Crippen molar-refractivity contribution in [1.82, 2.24) is 0 Å². The van der Waals surface area contributed by atoms with Crippen molar-refractivity contribution in [3.05, 3.63) is 27.7 Å². The minimum atomic E-state index is 0. The van der Waals surface area contributed by atoms with Crippen LogP contribution in [0.2, 0.25) is 0 Å². The molecule has 0 saturated carbocycles. The van der Waals surface area contributed by atoms with Gasteiger partial charge in [-0.25, -0.2) is 0 Å². The van der Waals surface area contributed by atoms with Gasteiger partial charge in [0.1, 0.15) is 0 Å². The van der Waals surface area contributed by atoms with Crippen LogP contribution in [0.5, 0.6) is 0 Å². The van der Waals surface area contributed by atoms with Gasteiger partial charge in [0.15, 0.2) is 0 Å². The summed E-state index contributed by atoms with van der Waals surface area (Å²) in [5, 5.41) is 0. The van der Waals surface area contributed by atoms with Gasteiger partial charge < -0.3 is 27.7 Å². The van der Waals surface area contributed by atoms with Crippen LogP contribution in [-0.2, 0) is 21.7 Å². The zero-order valence-electron chi connectivity index (χ0n) is 13.6. The van der Waals surface area contributed by atoms with Crippen LogP contribution in [0.1, 0.15) is 55.4 Å². The second kappa shape index (κ2) is 25.5. The average Bonchev–Trinajstić information content (AvgIpc) is 1.76. The molecular weight excluding hydrogens is 240 g/mol. The fourth-order valence-corrected chi connectivity index (χ4v) is 0. The third-order valence-electron chi connectivity index (χ3n) is 0. The maximum Gasteiger partial charge on any atom is 4.00 e. The van der Waals surface area contributed by atoms with E-state index >= 15 is 0 Å². The van der Waals surface area contributed by atoms with E-state index in [0.29, 0.717) is 23.7 Å². The molecule has 17 heavy (non-hydrogen) atoms. The summed E-state index contributed by atoms with van der Waals surface area (Å²) in [5.74, 6) is 2.33. The average molecular weight is 276 g/mol. The molecule has 0 aliphatic heterocycles. The molecule has 0 aliphatic carbocycles. The van der Waals surface area contributed by atoms with Gasteiger partial charge >= 0.3 is 21.7 Å². The Kier molecular flexibility index (Phi) is 46.0. The van der Waals surface area contributed by atoms with Crippen molar-refractivity contribution in [2.24, 2.45) is 23.7 Å². The smallest absolute Gasteiger partial charge is 0.341 e. The first-order valence-corrected chi connectivity index (χ1v) is 6.25. The maximum absolute atomic E-state index is 3.64. The minimum absolute atomic E-state index is 0. The summed E-state index contributed by atoms with van der Waals surface area (Å²) in [6.45, 7) is 31.0. The van der Waals surface area contributed by atoms with Crippen molar-refractivity contribution in [2.75, 3.05) is 0 Å². The zero-order chi connectivity index (χ0) is 14.3. The summed E-state index contributed by atoms with van der Waals surface area (Å²) >= 11 is 0. The second-order valence-electron chi connectivity index (χ2n) is 5.58. The third-order valence-corrected chi connectivity index (χ3v) is 0. The number of hydrogen-bond acceptors (Lipinski definition) is 0. The molecule has 0 atom stereocenters. The van der Waals surface area contributed by atoms with Gasteiger partial charge in [0.05, 0.1) is 0 Å². The third kappa shape index (κ3) is 7090. The van der Waals surface area contributed by atoms with Gasteiger partial charge in [-0.2, -0.15) is 23.7 Å². The molecule has 0 aromatic rings. The van der Waals surface area contributed by atoms with E-state index in [1.54, 1.807) is 0 Å². The molecule has 0 bridgehead atoms. The van der Waals surface area contributed by atoms with Crippen LogP contribution in [0, 0.1) is 51.4 Å². The van der Waals surface area contributed by atoms with Crippen molar-refractivity contribution < 1.29 is 21.7 Å². The van der Waals surface area contributed by atoms with Crippen LogP contribution < -0.4 is 0 Å². The Balaban J connectivity index is -0.0000000369. The minimum Gasteiger partial charge on any atom is -0.341 e. The molecule has 104 valence electrons. The molecule has 0 saturated heterocycles. The van der Waals surface area contributed by atoms with Crippen LogP contribution in [-0.4, -0.2) is 0 Å². The molecule has 0 radical (unpaired) electrons. The van der Waals surface area contributed by atoms with Crippen LogP contribution in [0.4, 0.5) is 0 Å². The molecule has 0 spiro atoms. The summed E-state index contributed by atoms with van der Waals surface area (Å²) in [6.07, 6.45) is 0. The molecular formula is C16H36Ti. The molecule has 0 aromatic heterocycles. The van der Waals surface area contributed by atoms with Crippen molar-refractivity contribution >= 4 is 0 Å². The summed E-state index contributed by atoms with van der Waals surface area (Å²) in [5.41, 5.74) is 0. The largest absolute Gasteiger partial charge is 4.00 e. The first kappa shape index (κ1) is 30.6. The van der Waals surface area contributed by atoms with E-state index in [4.69, 9.17) is 0 Å². The molecule has 0 unspecified atom stereocenters. The standard InChI is InChI=1S/4C4H9.Ti/c4*1-4(2)3;/h4*4H,1H2,2-3H3;/q4*-1;+4. The first-order chi connectivity index (χ1) is 6.93. The Morgan fingerprint density at radius 3 is 0.412 bits per heavy atom. The molecule has 0 amide bonds. The second-order valence-corrected chi connectivity index (χ2v) is 5.58. The van der Waals surface area contributed by atoms with E-state index in [-0.39, 0.29) is 21.7 Å². The van der Waals surface area contributed by atoms with Gasteiger partial charge in [-0.1, -0.05) is 55.4 Å². The predicted molar refractivity (Wildman–Crippen MR) is 80.8 cm³/mol. The van der Waals surface area contributed by atoms with Gasteiger partial charge in [-0.3, -0.25) is 0 Å². The summed E-state index contributed by atoms with van der Waals surface area (Å²) in [6, 6.07) is 0. The van der Waals surface area contributed by atoms with Crippen LogP contribution >= 0.6 is 0 Å². The van der Waals surface area contributed by atoms with Gasteiger partial charge in [0, 0.05) is 0 Å². The Morgan fingerprint density at radius 2 is 0.412 bits per heavy atom. The van der Waals surface area contributed by atoms with Gasteiger partial charge in [0.2, 0.25) is 0 Å². The van der Waals surface area contributed by atoms with E-state index in [1.807, 2.05) is 0 Å². The topological polar surface area (TPSA) is 0 Å². The molecule has 0 aliphatic rings. The number of rotatable bonds is 0. The van der Waals surface area contributed by atoms with Gasteiger partial charge in [-0.15, -0.1) is 0 Å². The normalized spacial score (nSPS) is 8.47. The number of hydrogen-bond donors (Lipinski definition) is 0. The van der Waals surface area contributed by atoms with Crippen molar-refractivity contribution in [2.45, 2.75) is 55.4 Å². The van der Waals surface area contributed by atoms with E-state index in [0.717, 1.165) is 0 Å². The van der Waals surface area contributed by atoms with E-state index in [1.165, 1.54) is 0 Å². The molecule has 0 heterocycles. The van der Waals surface area contributed by atoms with Crippen LogP contribution in [0.3, 0.4) is 0 Å². The first-order valence-electron chi connectivity index (χ1n) is 6.25. The quantitative estimate of drug-likeness (QED) is 0.381. The molecule has 1 heteroatoms. The van der Waals surface area contributed by atoms with Crippen LogP contribution in [0.25, 0.3) is 0 Å². The summed E-state index contributed by atoms with van der Waals surface area (Å²) < 4.78 is 0. The van der Waals surface area contributed by atoms with E-state index in [2.05, 4.69) is 83.1 Å². The van der Waals surface area contributed by atoms with E-state index in [9.17, 15) is 0 Å². The molecule has 0 N–H and O–H groups in total. The van der Waals surface area contributed by atoms with E-state index < -0.39 is 0 Å². The monoisotopic (exact) mass is 276 g/mol. The Hall–Kier alpha value is 0.714. The van der Waals surface area contributed by atoms with Gasteiger partial charge in [0.25, 0.3) is 0 Å². The Labute approximate surface area is 128 Å². The molecule has 0 fully saturated rings. The Morgan fingerprint density at radius 1 is 0.412 bits per heavy atom. The molecule has 0 rings (SSSR count). The fraction of sp³-hybridized carbons (Fsp3) is 0.750. The molecule has 0 nitrogen and oxygen atoms in total. The molecule has 0 aromatic carbocycles. The maximum atomic E-state index is 3.64. The van der Waals surface area contributed by atoms with Crippen molar-refractivity contribution in [3.8, 4) is 0 Å². The summed E-state index contributed by atoms with van der Waals surface area (Å²) in [4.78, 5) is 0. The fourth-order valence-electron chi connectivity index (χ4n) is 0. The zero-order valence-corrected chi connectivity index (χ0v) is 15.2. The van der Waals surface area contributed by atoms with Gasteiger partial charge in [-0.05, 0) is 0 Å². The SMILES string of the molecule is [CH2-]C(C)C.[CH2-]C(C)C.[CH2-]C(C)C.[CH2-]C(C)C.[Ti+4]. The van der Waals surface area contributed by atoms with Crippen LogP contribution in [0.15, 0.2) is 0 Å². The van der Waals surface area contributed by atoms with Crippen molar-refractivity contribution in [1.29, 1.82) is 0 Å². The van der Waals surface area contributed by atoms with Crippen molar-refractivity contribution in [3.63, 3.8) is 0 Å².